The molecule has 0 aromatic carbocycles. The summed E-state index contributed by atoms with van der Waals surface area (Å²) < 4.78 is 6.97. The molecule has 0 saturated carbocycles. The van der Waals surface area contributed by atoms with Crippen molar-refractivity contribution in [3.8, 4) is 0 Å². The lowest BCUT2D eigenvalue weighted by atomic mass is 9.97. The van der Waals surface area contributed by atoms with Crippen LogP contribution in [0.3, 0.4) is 0 Å². The van der Waals surface area contributed by atoms with Crippen LogP contribution in [-0.2, 0) is 23.1 Å². The zero-order valence-electron chi connectivity index (χ0n) is 12.4. The third-order valence-electron chi connectivity index (χ3n) is 3.37. The SMILES string of the molecule is CN(Cc1cnn(C)c1)C(=O)N1CC(C)(OCC(=O)O)C1. The Balaban J connectivity index is 1.81. The van der Waals surface area contributed by atoms with Gasteiger partial charge >= 0.3 is 12.0 Å². The van der Waals surface area contributed by atoms with E-state index >= 15 is 0 Å². The number of aliphatic carboxylic acids is 1. The molecular weight excluding hydrogens is 276 g/mol. The largest absolute Gasteiger partial charge is 0.480 e. The Kier molecular flexibility index (Phi) is 4.17. The van der Waals surface area contributed by atoms with Gasteiger partial charge in [0.05, 0.1) is 25.8 Å². The van der Waals surface area contributed by atoms with E-state index in [4.69, 9.17) is 9.84 Å². The van der Waals surface area contributed by atoms with E-state index in [2.05, 4.69) is 5.10 Å². The molecule has 1 fully saturated rings. The molecule has 1 N–H and O–H groups in total. The van der Waals surface area contributed by atoms with Crippen LogP contribution in [0.25, 0.3) is 0 Å². The normalized spacial score (nSPS) is 16.4. The number of rotatable bonds is 5. The number of aryl methyl sites for hydroxylation is 1. The molecule has 1 aromatic rings. The summed E-state index contributed by atoms with van der Waals surface area (Å²) in [5, 5.41) is 12.7. The standard InChI is InChI=1S/C13H20N4O4/c1-13(21-7-11(18)19)8-17(9-13)12(20)15(2)5-10-4-14-16(3)6-10/h4,6H,5,7-9H2,1-3H3,(H,18,19). The molecule has 2 heterocycles. The molecule has 1 aromatic heterocycles. The maximum atomic E-state index is 12.2. The minimum Gasteiger partial charge on any atom is -0.480 e. The molecule has 116 valence electrons. The molecular formula is C13H20N4O4. The van der Waals surface area contributed by atoms with E-state index < -0.39 is 11.6 Å². The van der Waals surface area contributed by atoms with Crippen molar-refractivity contribution >= 4 is 12.0 Å². The summed E-state index contributed by atoms with van der Waals surface area (Å²) in [6.45, 7) is 2.74. The van der Waals surface area contributed by atoms with Crippen molar-refractivity contribution in [1.29, 1.82) is 0 Å². The number of hydrogen-bond donors (Lipinski definition) is 1. The Hall–Kier alpha value is -2.09. The van der Waals surface area contributed by atoms with Gasteiger partial charge in [-0.3, -0.25) is 4.68 Å². The predicted octanol–water partition coefficient (Wildman–Crippen LogP) is 0.147. The average molecular weight is 296 g/mol. The molecule has 1 saturated heterocycles. The van der Waals surface area contributed by atoms with Crippen molar-refractivity contribution in [2.45, 2.75) is 19.1 Å². The molecule has 0 bridgehead atoms. The van der Waals surface area contributed by atoms with E-state index in [0.29, 0.717) is 19.6 Å². The van der Waals surface area contributed by atoms with Crippen molar-refractivity contribution in [3.63, 3.8) is 0 Å². The number of carbonyl (C=O) groups is 2. The van der Waals surface area contributed by atoms with Gasteiger partial charge in [-0.2, -0.15) is 5.10 Å². The summed E-state index contributed by atoms with van der Waals surface area (Å²) in [4.78, 5) is 26.0. The number of amides is 2. The van der Waals surface area contributed by atoms with Gasteiger partial charge in [-0.05, 0) is 6.92 Å². The van der Waals surface area contributed by atoms with Crippen LogP contribution in [0.4, 0.5) is 4.79 Å². The van der Waals surface area contributed by atoms with Crippen LogP contribution in [0.5, 0.6) is 0 Å². The summed E-state index contributed by atoms with van der Waals surface area (Å²) in [5.41, 5.74) is 0.391. The summed E-state index contributed by atoms with van der Waals surface area (Å²) in [6, 6.07) is -0.102. The fourth-order valence-corrected chi connectivity index (χ4v) is 2.36. The van der Waals surface area contributed by atoms with E-state index in [1.807, 2.05) is 13.2 Å². The van der Waals surface area contributed by atoms with Gasteiger partial charge in [0.25, 0.3) is 0 Å². The maximum Gasteiger partial charge on any atom is 0.329 e. The first-order valence-corrected chi connectivity index (χ1v) is 6.62. The Labute approximate surface area is 122 Å². The number of aromatic nitrogens is 2. The molecule has 21 heavy (non-hydrogen) atoms. The minimum atomic E-state index is -1.00. The van der Waals surface area contributed by atoms with E-state index in [0.717, 1.165) is 5.56 Å². The highest BCUT2D eigenvalue weighted by Crippen LogP contribution is 2.25. The molecule has 2 amide bonds. The highest BCUT2D eigenvalue weighted by atomic mass is 16.5. The Bertz CT molecular complexity index is 536. The minimum absolute atomic E-state index is 0.102. The Morgan fingerprint density at radius 2 is 2.19 bits per heavy atom. The zero-order chi connectivity index (χ0) is 15.6. The van der Waals surface area contributed by atoms with Crippen molar-refractivity contribution in [2.24, 2.45) is 7.05 Å². The van der Waals surface area contributed by atoms with Crippen LogP contribution in [0, 0.1) is 0 Å². The van der Waals surface area contributed by atoms with Crippen LogP contribution in [0.1, 0.15) is 12.5 Å². The van der Waals surface area contributed by atoms with Crippen molar-refractivity contribution in [1.82, 2.24) is 19.6 Å². The molecule has 2 rings (SSSR count). The zero-order valence-corrected chi connectivity index (χ0v) is 12.4. The molecule has 0 atom stereocenters. The van der Waals surface area contributed by atoms with Crippen LogP contribution >= 0.6 is 0 Å². The second-order valence-electron chi connectivity index (χ2n) is 5.65. The number of nitrogens with zero attached hydrogens (tertiary/aromatic N) is 4. The first-order valence-electron chi connectivity index (χ1n) is 6.62. The topological polar surface area (TPSA) is 87.9 Å². The Morgan fingerprint density at radius 1 is 1.52 bits per heavy atom. The summed E-state index contributed by atoms with van der Waals surface area (Å²) in [5.74, 6) is -1.00. The second kappa shape index (κ2) is 5.72. The van der Waals surface area contributed by atoms with E-state index in [1.165, 1.54) is 0 Å². The van der Waals surface area contributed by atoms with Gasteiger partial charge in [0, 0.05) is 25.9 Å². The summed E-state index contributed by atoms with van der Waals surface area (Å²) in [7, 11) is 3.55. The summed E-state index contributed by atoms with van der Waals surface area (Å²) >= 11 is 0. The molecule has 1 aliphatic heterocycles. The lowest BCUT2D eigenvalue weighted by Gasteiger charge is -2.48. The van der Waals surface area contributed by atoms with Gasteiger partial charge in [-0.15, -0.1) is 0 Å². The number of carbonyl (C=O) groups excluding carboxylic acids is 1. The molecule has 8 nitrogen and oxygen atoms in total. The monoisotopic (exact) mass is 296 g/mol. The average Bonchev–Trinajstić information content (AvgIpc) is 2.77. The third-order valence-corrected chi connectivity index (χ3v) is 3.37. The van der Waals surface area contributed by atoms with E-state index in [9.17, 15) is 9.59 Å². The van der Waals surface area contributed by atoms with Crippen LogP contribution < -0.4 is 0 Å². The number of likely N-dealkylation sites (tertiary alicyclic amines) is 1. The number of ether oxygens (including phenoxy) is 1. The molecule has 8 heteroatoms. The van der Waals surface area contributed by atoms with Gasteiger partial charge < -0.3 is 19.6 Å². The van der Waals surface area contributed by atoms with Crippen molar-refractivity contribution < 1.29 is 19.4 Å². The summed E-state index contributed by atoms with van der Waals surface area (Å²) in [6.07, 6.45) is 3.58. The first kappa shape index (κ1) is 15.3. The molecule has 0 unspecified atom stereocenters. The smallest absolute Gasteiger partial charge is 0.329 e. The molecule has 0 aliphatic carbocycles. The van der Waals surface area contributed by atoms with Crippen LogP contribution in [-0.4, -0.2) is 69.0 Å². The van der Waals surface area contributed by atoms with Gasteiger partial charge in [0.15, 0.2) is 0 Å². The number of urea groups is 1. The quantitative estimate of drug-likeness (QED) is 0.835. The Morgan fingerprint density at radius 3 is 2.71 bits per heavy atom. The number of hydrogen-bond acceptors (Lipinski definition) is 4. The van der Waals surface area contributed by atoms with Crippen LogP contribution in [0.2, 0.25) is 0 Å². The second-order valence-corrected chi connectivity index (χ2v) is 5.65. The predicted molar refractivity (Wildman–Crippen MR) is 73.6 cm³/mol. The van der Waals surface area contributed by atoms with Crippen molar-refractivity contribution in [2.75, 3.05) is 26.7 Å². The number of carboxylic acid groups (broad SMARTS) is 1. The van der Waals surface area contributed by atoms with E-state index in [1.54, 1.807) is 34.6 Å². The fourth-order valence-electron chi connectivity index (χ4n) is 2.36. The van der Waals surface area contributed by atoms with Gasteiger partial charge in [0.2, 0.25) is 0 Å². The van der Waals surface area contributed by atoms with E-state index in [-0.39, 0.29) is 12.6 Å². The van der Waals surface area contributed by atoms with Gasteiger partial charge in [-0.25, -0.2) is 9.59 Å². The first-order chi connectivity index (χ1) is 9.79. The highest BCUT2D eigenvalue weighted by molar-refractivity contribution is 5.75. The lowest BCUT2D eigenvalue weighted by molar-refractivity contribution is -0.160. The van der Waals surface area contributed by atoms with Gasteiger partial charge in [0.1, 0.15) is 12.2 Å². The molecule has 1 aliphatic rings. The highest BCUT2D eigenvalue weighted by Gasteiger charge is 2.43. The molecule has 0 spiro atoms. The maximum absolute atomic E-state index is 12.2. The third kappa shape index (κ3) is 3.72. The lowest BCUT2D eigenvalue weighted by Crippen LogP contribution is -2.65. The van der Waals surface area contributed by atoms with Crippen LogP contribution in [0.15, 0.2) is 12.4 Å². The van der Waals surface area contributed by atoms with Gasteiger partial charge in [-0.1, -0.05) is 0 Å². The van der Waals surface area contributed by atoms with Crippen molar-refractivity contribution in [3.05, 3.63) is 18.0 Å². The fraction of sp³-hybridized carbons (Fsp3) is 0.615. The molecule has 0 radical (unpaired) electrons. The number of carboxylic acids is 1.